The van der Waals surface area contributed by atoms with Gasteiger partial charge in [-0.1, -0.05) is 23.7 Å². The number of hydrogen-bond acceptors (Lipinski definition) is 7. The van der Waals surface area contributed by atoms with Crippen molar-refractivity contribution in [3.05, 3.63) is 74.3 Å². The number of ketones is 1. The van der Waals surface area contributed by atoms with Crippen LogP contribution in [0.4, 0.5) is 5.69 Å². The topological polar surface area (TPSA) is 113 Å². The number of halogens is 1. The van der Waals surface area contributed by atoms with Gasteiger partial charge < -0.3 is 19.6 Å². The number of hydrogen-bond donors (Lipinski definition) is 1. The molecular weight excluding hydrogens is 438 g/mol. The van der Waals surface area contributed by atoms with Crippen molar-refractivity contribution in [2.75, 3.05) is 34.3 Å². The van der Waals surface area contributed by atoms with E-state index in [1.54, 1.807) is 6.07 Å². The van der Waals surface area contributed by atoms with E-state index in [1.807, 2.05) is 19.0 Å². The highest BCUT2D eigenvalue weighted by molar-refractivity contribution is 6.46. The van der Waals surface area contributed by atoms with Crippen molar-refractivity contribution in [3.8, 4) is 5.75 Å². The molecule has 10 heteroatoms. The monoisotopic (exact) mass is 459 g/mol. The zero-order valence-corrected chi connectivity index (χ0v) is 18.5. The Morgan fingerprint density at radius 2 is 1.97 bits per heavy atom. The third kappa shape index (κ3) is 4.44. The maximum absolute atomic E-state index is 13.0. The van der Waals surface area contributed by atoms with Crippen LogP contribution < -0.4 is 4.74 Å². The minimum Gasteiger partial charge on any atom is -0.507 e. The van der Waals surface area contributed by atoms with E-state index >= 15 is 0 Å². The number of amides is 1. The molecule has 3 rings (SSSR count). The lowest BCUT2D eigenvalue weighted by atomic mass is 9.95. The van der Waals surface area contributed by atoms with Gasteiger partial charge in [0.25, 0.3) is 17.4 Å². The number of aliphatic hydroxyl groups excluding tert-OH is 1. The van der Waals surface area contributed by atoms with Gasteiger partial charge in [0, 0.05) is 30.8 Å². The number of Topliss-reactive ketones (excluding diaryl/α,β-unsaturated/α-hetero) is 1. The maximum Gasteiger partial charge on any atom is 0.295 e. The van der Waals surface area contributed by atoms with Crippen molar-refractivity contribution in [1.82, 2.24) is 9.80 Å². The maximum atomic E-state index is 13.0. The van der Waals surface area contributed by atoms with E-state index in [-0.39, 0.29) is 28.4 Å². The first-order chi connectivity index (χ1) is 15.1. The van der Waals surface area contributed by atoms with Gasteiger partial charge in [-0.2, -0.15) is 0 Å². The van der Waals surface area contributed by atoms with Crippen molar-refractivity contribution in [3.63, 3.8) is 0 Å². The molecule has 0 radical (unpaired) electrons. The number of ether oxygens (including phenoxy) is 1. The summed E-state index contributed by atoms with van der Waals surface area (Å²) in [5, 5.41) is 22.5. The summed E-state index contributed by atoms with van der Waals surface area (Å²) >= 11 is 6.17. The highest BCUT2D eigenvalue weighted by Gasteiger charge is 2.46. The molecule has 1 N–H and O–H groups in total. The standard InChI is InChI=1S/C22H22ClN3O6/c1-24(2)9-10-25-19(13-5-4-6-15(11-13)26(30)31)18(21(28)22(25)29)20(27)14-7-8-17(32-3)16(23)12-14/h4-8,11-12,19,27H,9-10H2,1-3H3/b20-18+/t19-/m1/s1. The Morgan fingerprint density at radius 1 is 1.25 bits per heavy atom. The molecule has 0 spiro atoms. The second-order valence-corrected chi connectivity index (χ2v) is 7.90. The molecule has 32 heavy (non-hydrogen) atoms. The van der Waals surface area contributed by atoms with Gasteiger partial charge in [-0.15, -0.1) is 0 Å². The minimum atomic E-state index is -0.990. The average Bonchev–Trinajstić information content (AvgIpc) is 3.01. The number of carbonyl (C=O) groups excluding carboxylic acids is 2. The number of rotatable bonds is 7. The van der Waals surface area contributed by atoms with E-state index in [4.69, 9.17) is 16.3 Å². The number of nitro groups is 1. The molecule has 0 bridgehead atoms. The van der Waals surface area contributed by atoms with Crippen LogP contribution in [0.5, 0.6) is 5.75 Å². The van der Waals surface area contributed by atoms with E-state index < -0.39 is 28.4 Å². The van der Waals surface area contributed by atoms with E-state index in [0.29, 0.717) is 17.9 Å². The van der Waals surface area contributed by atoms with Gasteiger partial charge in [0.15, 0.2) is 0 Å². The smallest absolute Gasteiger partial charge is 0.295 e. The Hall–Kier alpha value is -3.43. The van der Waals surface area contributed by atoms with Crippen LogP contribution in [-0.2, 0) is 9.59 Å². The SMILES string of the molecule is COc1ccc(/C(O)=C2\C(=O)C(=O)N(CCN(C)C)[C@@H]2c2cccc([N+](=O)[O-])c2)cc1Cl. The van der Waals surface area contributed by atoms with Crippen LogP contribution in [0, 0.1) is 10.1 Å². The zero-order valence-electron chi connectivity index (χ0n) is 17.7. The molecular formula is C22H22ClN3O6. The normalized spacial score (nSPS) is 17.8. The molecule has 1 fully saturated rings. The molecule has 1 heterocycles. The summed E-state index contributed by atoms with van der Waals surface area (Å²) in [5.41, 5.74) is 0.221. The van der Waals surface area contributed by atoms with Gasteiger partial charge in [-0.25, -0.2) is 0 Å². The molecule has 1 atom stereocenters. The molecule has 0 saturated carbocycles. The van der Waals surface area contributed by atoms with Gasteiger partial charge in [-0.05, 0) is 37.9 Å². The molecule has 0 unspecified atom stereocenters. The number of nitrogens with zero attached hydrogens (tertiary/aromatic N) is 3. The van der Waals surface area contributed by atoms with Gasteiger partial charge in [0.2, 0.25) is 0 Å². The van der Waals surface area contributed by atoms with Crippen LogP contribution in [0.25, 0.3) is 5.76 Å². The molecule has 0 aromatic heterocycles. The lowest BCUT2D eigenvalue weighted by molar-refractivity contribution is -0.384. The lowest BCUT2D eigenvalue weighted by Crippen LogP contribution is -2.35. The molecule has 1 saturated heterocycles. The van der Waals surface area contributed by atoms with E-state index in [9.17, 15) is 24.8 Å². The van der Waals surface area contributed by atoms with Crippen LogP contribution in [0.3, 0.4) is 0 Å². The summed E-state index contributed by atoms with van der Waals surface area (Å²) in [5.74, 6) is -1.70. The fourth-order valence-electron chi connectivity index (χ4n) is 3.54. The number of benzene rings is 2. The number of aliphatic hydroxyl groups is 1. The van der Waals surface area contributed by atoms with E-state index in [1.165, 1.54) is 48.4 Å². The van der Waals surface area contributed by atoms with Crippen molar-refractivity contribution < 1.29 is 24.4 Å². The van der Waals surface area contributed by atoms with Crippen LogP contribution in [0.2, 0.25) is 5.02 Å². The second kappa shape index (κ2) is 9.37. The lowest BCUT2D eigenvalue weighted by Gasteiger charge is -2.26. The summed E-state index contributed by atoms with van der Waals surface area (Å²) in [6.07, 6.45) is 0. The summed E-state index contributed by atoms with van der Waals surface area (Å²) in [6.45, 7) is 0.637. The fraction of sp³-hybridized carbons (Fsp3) is 0.273. The summed E-state index contributed by atoms with van der Waals surface area (Å²) in [7, 11) is 5.08. The Kier molecular flexibility index (Phi) is 6.81. The molecule has 1 aliphatic heterocycles. The van der Waals surface area contributed by atoms with Crippen LogP contribution >= 0.6 is 11.6 Å². The largest absolute Gasteiger partial charge is 0.507 e. The van der Waals surface area contributed by atoms with Gasteiger partial charge in [-0.3, -0.25) is 19.7 Å². The Balaban J connectivity index is 2.19. The number of methoxy groups -OCH3 is 1. The van der Waals surface area contributed by atoms with Gasteiger partial charge >= 0.3 is 0 Å². The van der Waals surface area contributed by atoms with Crippen molar-refractivity contribution in [1.29, 1.82) is 0 Å². The zero-order chi connectivity index (χ0) is 23.6. The van der Waals surface area contributed by atoms with Crippen molar-refractivity contribution in [2.45, 2.75) is 6.04 Å². The predicted octanol–water partition coefficient (Wildman–Crippen LogP) is 3.24. The number of non-ortho nitro benzene ring substituents is 1. The highest BCUT2D eigenvalue weighted by Crippen LogP contribution is 2.40. The number of likely N-dealkylation sites (tertiary alicyclic amines) is 1. The average molecular weight is 460 g/mol. The molecule has 2 aromatic carbocycles. The number of carbonyl (C=O) groups is 2. The number of nitro benzene ring substituents is 1. The third-order valence-corrected chi connectivity index (χ3v) is 5.45. The first-order valence-corrected chi connectivity index (χ1v) is 10.0. The minimum absolute atomic E-state index is 0.157. The van der Waals surface area contributed by atoms with E-state index in [0.717, 1.165) is 0 Å². The molecule has 0 aliphatic carbocycles. The van der Waals surface area contributed by atoms with Crippen molar-refractivity contribution in [2.24, 2.45) is 0 Å². The van der Waals surface area contributed by atoms with Gasteiger partial charge in [0.05, 0.1) is 28.7 Å². The second-order valence-electron chi connectivity index (χ2n) is 7.50. The summed E-state index contributed by atoms with van der Waals surface area (Å²) in [6, 6.07) is 9.15. The van der Waals surface area contributed by atoms with Crippen LogP contribution in [-0.4, -0.2) is 65.8 Å². The molecule has 2 aromatic rings. The van der Waals surface area contributed by atoms with Crippen LogP contribution in [0.15, 0.2) is 48.0 Å². The summed E-state index contributed by atoms with van der Waals surface area (Å²) in [4.78, 5) is 39.7. The Bertz CT molecular complexity index is 1110. The first-order valence-electron chi connectivity index (χ1n) is 9.67. The van der Waals surface area contributed by atoms with Gasteiger partial charge in [0.1, 0.15) is 11.5 Å². The molecule has 9 nitrogen and oxygen atoms in total. The quantitative estimate of drug-likeness (QED) is 0.222. The first kappa shape index (κ1) is 23.2. The highest BCUT2D eigenvalue weighted by atomic mass is 35.5. The predicted molar refractivity (Wildman–Crippen MR) is 119 cm³/mol. The summed E-state index contributed by atoms with van der Waals surface area (Å²) < 4.78 is 5.11. The molecule has 1 aliphatic rings. The Labute approximate surface area is 189 Å². The fourth-order valence-corrected chi connectivity index (χ4v) is 3.80. The van der Waals surface area contributed by atoms with Crippen molar-refractivity contribution >= 4 is 34.7 Å². The Morgan fingerprint density at radius 3 is 2.56 bits per heavy atom. The molecule has 168 valence electrons. The number of likely N-dealkylation sites (N-methyl/N-ethyl adjacent to an activating group) is 1. The van der Waals surface area contributed by atoms with Crippen LogP contribution in [0.1, 0.15) is 17.2 Å². The third-order valence-electron chi connectivity index (χ3n) is 5.15. The van der Waals surface area contributed by atoms with E-state index in [2.05, 4.69) is 0 Å². The molecule has 1 amide bonds.